The van der Waals surface area contributed by atoms with Crippen LogP contribution < -0.4 is 9.80 Å². The van der Waals surface area contributed by atoms with Crippen LogP contribution in [0.2, 0.25) is 0 Å². The van der Waals surface area contributed by atoms with Crippen LogP contribution in [0.4, 0.5) is 28.4 Å². The monoisotopic (exact) mass is 475 g/mol. The van der Waals surface area contributed by atoms with Gasteiger partial charge in [-0.3, -0.25) is 0 Å². The van der Waals surface area contributed by atoms with Gasteiger partial charge >= 0.3 is 0 Å². The Balaban J connectivity index is 1.49. The third kappa shape index (κ3) is 4.16. The summed E-state index contributed by atoms with van der Waals surface area (Å²) in [7, 11) is 2.05. The fourth-order valence-corrected chi connectivity index (χ4v) is 4.95. The second-order valence-corrected chi connectivity index (χ2v) is 9.07. The fraction of sp³-hybridized carbons (Fsp3) is 0.0294. The van der Waals surface area contributed by atoms with Crippen LogP contribution in [0.15, 0.2) is 133 Å². The van der Waals surface area contributed by atoms with Crippen molar-refractivity contribution in [3.05, 3.63) is 139 Å². The van der Waals surface area contributed by atoms with Gasteiger partial charge < -0.3 is 9.80 Å². The highest BCUT2D eigenvalue weighted by Gasteiger charge is 2.17. The fourth-order valence-electron chi connectivity index (χ4n) is 4.95. The van der Waals surface area contributed by atoms with E-state index in [0.29, 0.717) is 5.56 Å². The molecule has 0 heterocycles. The predicted molar refractivity (Wildman–Crippen MR) is 155 cm³/mol. The second kappa shape index (κ2) is 9.53. The summed E-state index contributed by atoms with van der Waals surface area (Å²) in [6.45, 7) is 0. The van der Waals surface area contributed by atoms with Gasteiger partial charge in [0.25, 0.3) is 0 Å². The van der Waals surface area contributed by atoms with Crippen LogP contribution in [0.5, 0.6) is 0 Å². The average Bonchev–Trinajstić information content (AvgIpc) is 2.97. The van der Waals surface area contributed by atoms with Gasteiger partial charge in [-0.15, -0.1) is 0 Å². The van der Waals surface area contributed by atoms with E-state index in [2.05, 4.69) is 125 Å². The Morgan fingerprint density at radius 3 is 1.43 bits per heavy atom. The van der Waals surface area contributed by atoms with Gasteiger partial charge in [0.2, 0.25) is 0 Å². The summed E-state index contributed by atoms with van der Waals surface area (Å²) < 4.78 is 0. The Kier molecular flexibility index (Phi) is 5.77. The van der Waals surface area contributed by atoms with Crippen molar-refractivity contribution in [1.82, 2.24) is 0 Å². The van der Waals surface area contributed by atoms with E-state index in [4.69, 9.17) is 5.26 Å². The third-order valence-electron chi connectivity index (χ3n) is 6.89. The molecule has 0 amide bonds. The van der Waals surface area contributed by atoms with E-state index in [1.54, 1.807) is 0 Å². The molecule has 0 fully saturated rings. The molecule has 3 heteroatoms. The lowest BCUT2D eigenvalue weighted by molar-refractivity contribution is 1.20. The predicted octanol–water partition coefficient (Wildman–Crippen LogP) is 9.10. The van der Waals surface area contributed by atoms with Crippen molar-refractivity contribution in [3.8, 4) is 6.07 Å². The van der Waals surface area contributed by atoms with Gasteiger partial charge in [-0.25, -0.2) is 0 Å². The number of benzene rings is 6. The van der Waals surface area contributed by atoms with E-state index < -0.39 is 0 Å². The summed E-state index contributed by atoms with van der Waals surface area (Å²) in [5, 5.41) is 14.0. The lowest BCUT2D eigenvalue weighted by atomic mass is 10.0. The lowest BCUT2D eigenvalue weighted by Crippen LogP contribution is -2.12. The van der Waals surface area contributed by atoms with Gasteiger partial charge in [-0.2, -0.15) is 5.26 Å². The highest BCUT2D eigenvalue weighted by atomic mass is 15.1. The van der Waals surface area contributed by atoms with Gasteiger partial charge in [0.15, 0.2) is 0 Å². The maximum absolute atomic E-state index is 9.12. The summed E-state index contributed by atoms with van der Waals surface area (Å²) in [6.07, 6.45) is 0. The lowest BCUT2D eigenvalue weighted by Gasteiger charge is -2.29. The normalized spacial score (nSPS) is 10.8. The van der Waals surface area contributed by atoms with Crippen molar-refractivity contribution >= 4 is 50.0 Å². The van der Waals surface area contributed by atoms with Crippen LogP contribution in [-0.4, -0.2) is 7.05 Å². The summed E-state index contributed by atoms with van der Waals surface area (Å²) in [6, 6.07) is 48.5. The number of rotatable bonds is 5. The average molecular weight is 476 g/mol. The van der Waals surface area contributed by atoms with E-state index in [-0.39, 0.29) is 0 Å². The van der Waals surface area contributed by atoms with E-state index >= 15 is 0 Å². The molecule has 6 aromatic carbocycles. The summed E-state index contributed by atoms with van der Waals surface area (Å²) in [5.74, 6) is 0. The third-order valence-corrected chi connectivity index (χ3v) is 6.89. The molecular weight excluding hydrogens is 450 g/mol. The highest BCUT2D eigenvalue weighted by Crippen LogP contribution is 2.42. The zero-order valence-corrected chi connectivity index (χ0v) is 20.5. The first kappa shape index (κ1) is 22.4. The molecule has 3 nitrogen and oxygen atoms in total. The molecule has 6 aromatic rings. The van der Waals surface area contributed by atoms with Crippen molar-refractivity contribution in [2.24, 2.45) is 0 Å². The minimum Gasteiger partial charge on any atom is -0.345 e. The Labute approximate surface area is 217 Å². The zero-order chi connectivity index (χ0) is 25.2. The van der Waals surface area contributed by atoms with Crippen LogP contribution in [0.1, 0.15) is 5.56 Å². The van der Waals surface area contributed by atoms with E-state index in [9.17, 15) is 0 Å². The maximum atomic E-state index is 9.12. The Hall–Kier alpha value is -5.07. The maximum Gasteiger partial charge on any atom is 0.0991 e. The molecule has 37 heavy (non-hydrogen) atoms. The Bertz CT molecular complexity index is 1660. The van der Waals surface area contributed by atoms with Crippen molar-refractivity contribution in [1.29, 1.82) is 5.26 Å². The number of anilines is 5. The molecular formula is C34H25N3. The molecule has 176 valence electrons. The molecule has 0 atom stereocenters. The van der Waals surface area contributed by atoms with E-state index in [1.807, 2.05) is 31.3 Å². The van der Waals surface area contributed by atoms with Crippen molar-refractivity contribution in [2.45, 2.75) is 0 Å². The van der Waals surface area contributed by atoms with Crippen LogP contribution in [-0.2, 0) is 0 Å². The number of nitriles is 1. The smallest absolute Gasteiger partial charge is 0.0991 e. The van der Waals surface area contributed by atoms with E-state index in [0.717, 1.165) is 28.4 Å². The first-order chi connectivity index (χ1) is 18.2. The summed E-state index contributed by atoms with van der Waals surface area (Å²) in [5.41, 5.74) is 6.14. The van der Waals surface area contributed by atoms with Gasteiger partial charge in [0.05, 0.1) is 23.0 Å². The zero-order valence-electron chi connectivity index (χ0n) is 20.5. The first-order valence-corrected chi connectivity index (χ1v) is 12.3. The molecule has 0 saturated carbocycles. The Morgan fingerprint density at radius 1 is 0.486 bits per heavy atom. The van der Waals surface area contributed by atoms with Crippen LogP contribution in [0, 0.1) is 11.3 Å². The molecule has 0 radical (unpaired) electrons. The Morgan fingerprint density at radius 2 is 0.919 bits per heavy atom. The first-order valence-electron chi connectivity index (χ1n) is 12.3. The molecule has 0 N–H and O–H groups in total. The highest BCUT2D eigenvalue weighted by molar-refractivity contribution is 6.04. The van der Waals surface area contributed by atoms with Crippen molar-refractivity contribution < 1.29 is 0 Å². The van der Waals surface area contributed by atoms with Crippen LogP contribution in [0.3, 0.4) is 0 Å². The number of hydrogen-bond donors (Lipinski definition) is 0. The van der Waals surface area contributed by atoms with Crippen LogP contribution >= 0.6 is 0 Å². The largest absolute Gasteiger partial charge is 0.345 e. The minimum absolute atomic E-state index is 0.660. The standard InChI is InChI=1S/C34H25N3/c1-36(28-18-16-25(24-35)17-19-28)29-20-22-30(23-21-29)37(33-14-6-10-26-8-2-4-12-31(26)33)34-15-7-11-27-9-3-5-13-32(27)34/h2-23H,1H3. The van der Waals surface area contributed by atoms with E-state index in [1.165, 1.54) is 21.5 Å². The topological polar surface area (TPSA) is 30.3 Å². The quantitative estimate of drug-likeness (QED) is 0.249. The molecule has 0 saturated heterocycles. The molecule has 0 spiro atoms. The van der Waals surface area contributed by atoms with Gasteiger partial charge in [0.1, 0.15) is 0 Å². The molecule has 6 rings (SSSR count). The molecule has 0 aliphatic rings. The number of nitrogens with zero attached hydrogens (tertiary/aromatic N) is 3. The molecule has 0 aliphatic carbocycles. The number of hydrogen-bond acceptors (Lipinski definition) is 3. The SMILES string of the molecule is CN(c1ccc(C#N)cc1)c1ccc(N(c2cccc3ccccc23)c2cccc3ccccc23)cc1. The molecule has 0 bridgehead atoms. The molecule has 0 unspecified atom stereocenters. The van der Waals surface area contributed by atoms with Crippen LogP contribution in [0.25, 0.3) is 21.5 Å². The van der Waals surface area contributed by atoms with Crippen molar-refractivity contribution in [3.63, 3.8) is 0 Å². The number of fused-ring (bicyclic) bond motifs is 2. The van der Waals surface area contributed by atoms with Gasteiger partial charge in [0, 0.05) is 34.9 Å². The molecule has 0 aromatic heterocycles. The van der Waals surface area contributed by atoms with Gasteiger partial charge in [-0.05, 0) is 71.4 Å². The van der Waals surface area contributed by atoms with Gasteiger partial charge in [-0.1, -0.05) is 72.8 Å². The summed E-state index contributed by atoms with van der Waals surface area (Å²) >= 11 is 0. The second-order valence-electron chi connectivity index (χ2n) is 9.07. The summed E-state index contributed by atoms with van der Waals surface area (Å²) in [4.78, 5) is 4.49. The molecule has 0 aliphatic heterocycles. The minimum atomic E-state index is 0.660. The van der Waals surface area contributed by atoms with Crippen molar-refractivity contribution in [2.75, 3.05) is 16.8 Å².